The Hall–Kier alpha value is -1.09. The van der Waals surface area contributed by atoms with Gasteiger partial charge in [0.25, 0.3) is 0 Å². The fourth-order valence-corrected chi connectivity index (χ4v) is 2.81. The highest BCUT2D eigenvalue weighted by atomic mass is 16.5. The molecule has 0 amide bonds. The van der Waals surface area contributed by atoms with Gasteiger partial charge in [-0.1, -0.05) is 13.8 Å². The number of pyridine rings is 1. The molecule has 3 heteroatoms. The summed E-state index contributed by atoms with van der Waals surface area (Å²) in [6.07, 6.45) is 4.69. The quantitative estimate of drug-likeness (QED) is 0.907. The van der Waals surface area contributed by atoms with Crippen molar-refractivity contribution < 1.29 is 4.74 Å². The summed E-state index contributed by atoms with van der Waals surface area (Å²) in [6.45, 7) is 7.29. The summed E-state index contributed by atoms with van der Waals surface area (Å²) in [4.78, 5) is 4.56. The Morgan fingerprint density at radius 1 is 1.26 bits per heavy atom. The second kappa shape index (κ2) is 6.38. The fraction of sp³-hybridized carbons (Fsp3) is 0.688. The minimum absolute atomic E-state index is 0.340. The van der Waals surface area contributed by atoms with Crippen molar-refractivity contribution in [1.29, 1.82) is 0 Å². The van der Waals surface area contributed by atoms with Gasteiger partial charge in [-0.15, -0.1) is 0 Å². The SMILES string of the molecule is Cc1ccc(OC2CCC(C)C(C)C2)c(CCN)n1. The van der Waals surface area contributed by atoms with E-state index in [9.17, 15) is 0 Å². The van der Waals surface area contributed by atoms with Crippen molar-refractivity contribution in [1.82, 2.24) is 4.98 Å². The van der Waals surface area contributed by atoms with Gasteiger partial charge in [0.1, 0.15) is 5.75 Å². The molecule has 19 heavy (non-hydrogen) atoms. The zero-order valence-corrected chi connectivity index (χ0v) is 12.4. The molecule has 0 aliphatic heterocycles. The third-order valence-electron chi connectivity index (χ3n) is 4.30. The maximum absolute atomic E-state index is 6.19. The summed E-state index contributed by atoms with van der Waals surface area (Å²) in [7, 11) is 0. The molecule has 0 radical (unpaired) electrons. The smallest absolute Gasteiger partial charge is 0.141 e. The van der Waals surface area contributed by atoms with Crippen LogP contribution in [0.15, 0.2) is 12.1 Å². The standard InChI is InChI=1S/C16H26N2O/c1-11-4-6-14(10-12(11)2)19-16-7-5-13(3)18-15(16)8-9-17/h5,7,11-12,14H,4,6,8-10,17H2,1-3H3. The van der Waals surface area contributed by atoms with Crippen LogP contribution in [0.5, 0.6) is 5.75 Å². The van der Waals surface area contributed by atoms with E-state index >= 15 is 0 Å². The number of hydrogen-bond acceptors (Lipinski definition) is 3. The second-order valence-electron chi connectivity index (χ2n) is 5.94. The number of nitrogens with zero attached hydrogens (tertiary/aromatic N) is 1. The minimum atomic E-state index is 0.340. The van der Waals surface area contributed by atoms with Gasteiger partial charge < -0.3 is 10.5 Å². The van der Waals surface area contributed by atoms with Crippen LogP contribution in [0.4, 0.5) is 0 Å². The van der Waals surface area contributed by atoms with Gasteiger partial charge >= 0.3 is 0 Å². The molecule has 0 spiro atoms. The van der Waals surface area contributed by atoms with Gasteiger partial charge in [-0.25, -0.2) is 0 Å². The zero-order valence-electron chi connectivity index (χ0n) is 12.4. The number of nitrogens with two attached hydrogens (primary N) is 1. The fourth-order valence-electron chi connectivity index (χ4n) is 2.81. The van der Waals surface area contributed by atoms with Crippen LogP contribution in [0.1, 0.15) is 44.5 Å². The van der Waals surface area contributed by atoms with Crippen molar-refractivity contribution in [2.45, 2.75) is 52.6 Å². The average molecular weight is 262 g/mol. The molecule has 1 aliphatic carbocycles. The van der Waals surface area contributed by atoms with Crippen molar-refractivity contribution in [3.63, 3.8) is 0 Å². The van der Waals surface area contributed by atoms with Gasteiger partial charge in [0, 0.05) is 12.1 Å². The first-order valence-electron chi connectivity index (χ1n) is 7.43. The normalized spacial score (nSPS) is 27.3. The summed E-state index contributed by atoms with van der Waals surface area (Å²) < 4.78 is 6.19. The molecule has 2 rings (SSSR count). The predicted molar refractivity (Wildman–Crippen MR) is 78.3 cm³/mol. The molecule has 1 aromatic rings. The van der Waals surface area contributed by atoms with Crippen LogP contribution in [0, 0.1) is 18.8 Å². The van der Waals surface area contributed by atoms with Crippen LogP contribution in [0.3, 0.4) is 0 Å². The van der Waals surface area contributed by atoms with Gasteiger partial charge in [0.2, 0.25) is 0 Å². The van der Waals surface area contributed by atoms with E-state index in [4.69, 9.17) is 10.5 Å². The highest BCUT2D eigenvalue weighted by Gasteiger charge is 2.26. The Bertz CT molecular complexity index is 419. The lowest BCUT2D eigenvalue weighted by Crippen LogP contribution is -2.29. The van der Waals surface area contributed by atoms with Crippen molar-refractivity contribution in [3.05, 3.63) is 23.5 Å². The highest BCUT2D eigenvalue weighted by Crippen LogP contribution is 2.32. The third kappa shape index (κ3) is 3.69. The van der Waals surface area contributed by atoms with Crippen LogP contribution < -0.4 is 10.5 Å². The van der Waals surface area contributed by atoms with Gasteiger partial charge in [-0.3, -0.25) is 4.98 Å². The second-order valence-corrected chi connectivity index (χ2v) is 5.94. The first-order valence-corrected chi connectivity index (χ1v) is 7.43. The molecule has 106 valence electrons. The van der Waals surface area contributed by atoms with Crippen LogP contribution in [-0.2, 0) is 6.42 Å². The number of aromatic nitrogens is 1. The molecule has 1 aliphatic rings. The lowest BCUT2D eigenvalue weighted by molar-refractivity contribution is 0.0992. The van der Waals surface area contributed by atoms with Crippen molar-refractivity contribution >= 4 is 0 Å². The van der Waals surface area contributed by atoms with E-state index in [1.165, 1.54) is 6.42 Å². The van der Waals surface area contributed by atoms with Gasteiger partial charge in [0.15, 0.2) is 0 Å². The molecular weight excluding hydrogens is 236 g/mol. The maximum Gasteiger partial charge on any atom is 0.141 e. The summed E-state index contributed by atoms with van der Waals surface area (Å²) in [5.74, 6) is 2.50. The molecule has 0 bridgehead atoms. The zero-order chi connectivity index (χ0) is 13.8. The van der Waals surface area contributed by atoms with Crippen molar-refractivity contribution in [3.8, 4) is 5.75 Å². The average Bonchev–Trinajstić information content (AvgIpc) is 2.37. The van der Waals surface area contributed by atoms with E-state index in [-0.39, 0.29) is 0 Å². The van der Waals surface area contributed by atoms with Gasteiger partial charge in [-0.05, 0) is 56.7 Å². The molecule has 1 saturated carbocycles. The van der Waals surface area contributed by atoms with Gasteiger partial charge in [0.05, 0.1) is 11.8 Å². The molecule has 1 heterocycles. The van der Waals surface area contributed by atoms with Crippen LogP contribution in [-0.4, -0.2) is 17.6 Å². The van der Waals surface area contributed by atoms with E-state index in [1.54, 1.807) is 0 Å². The van der Waals surface area contributed by atoms with Crippen molar-refractivity contribution in [2.75, 3.05) is 6.54 Å². The lowest BCUT2D eigenvalue weighted by Gasteiger charge is -2.32. The van der Waals surface area contributed by atoms with E-state index in [1.807, 2.05) is 13.0 Å². The Kier molecular flexibility index (Phi) is 4.81. The predicted octanol–water partition coefficient (Wildman–Crippen LogP) is 3.09. The van der Waals surface area contributed by atoms with Crippen molar-refractivity contribution in [2.24, 2.45) is 17.6 Å². The maximum atomic E-state index is 6.19. The van der Waals surface area contributed by atoms with Crippen LogP contribution >= 0.6 is 0 Å². The summed E-state index contributed by atoms with van der Waals surface area (Å²) in [6, 6.07) is 4.07. The molecule has 3 atom stereocenters. The Morgan fingerprint density at radius 2 is 2.05 bits per heavy atom. The number of aryl methyl sites for hydroxylation is 1. The highest BCUT2D eigenvalue weighted by molar-refractivity contribution is 5.29. The van der Waals surface area contributed by atoms with E-state index in [0.29, 0.717) is 12.6 Å². The number of hydrogen-bond donors (Lipinski definition) is 1. The Balaban J connectivity index is 2.06. The van der Waals surface area contributed by atoms with Crippen LogP contribution in [0.2, 0.25) is 0 Å². The topological polar surface area (TPSA) is 48.1 Å². The summed E-state index contributed by atoms with van der Waals surface area (Å²) in [5, 5.41) is 0. The Labute approximate surface area is 116 Å². The van der Waals surface area contributed by atoms with E-state index < -0.39 is 0 Å². The largest absolute Gasteiger partial charge is 0.489 e. The summed E-state index contributed by atoms with van der Waals surface area (Å²) >= 11 is 0. The van der Waals surface area contributed by atoms with Gasteiger partial charge in [-0.2, -0.15) is 0 Å². The minimum Gasteiger partial charge on any atom is -0.489 e. The summed E-state index contributed by atoms with van der Waals surface area (Å²) in [5.41, 5.74) is 7.69. The number of ether oxygens (including phenoxy) is 1. The van der Waals surface area contributed by atoms with E-state index in [0.717, 1.165) is 48.2 Å². The molecule has 1 fully saturated rings. The third-order valence-corrected chi connectivity index (χ3v) is 4.30. The molecule has 0 saturated heterocycles. The lowest BCUT2D eigenvalue weighted by atomic mass is 9.80. The monoisotopic (exact) mass is 262 g/mol. The molecule has 3 nitrogen and oxygen atoms in total. The molecule has 3 unspecified atom stereocenters. The first kappa shape index (κ1) is 14.3. The first-order chi connectivity index (χ1) is 9.10. The molecular formula is C16H26N2O. The molecule has 2 N–H and O–H groups in total. The molecule has 0 aromatic carbocycles. The number of rotatable bonds is 4. The van der Waals surface area contributed by atoms with Crippen LogP contribution in [0.25, 0.3) is 0 Å². The molecule has 1 aromatic heterocycles. The Morgan fingerprint density at radius 3 is 2.74 bits per heavy atom. The van der Waals surface area contributed by atoms with E-state index in [2.05, 4.69) is 24.9 Å².